The van der Waals surface area contributed by atoms with Gasteiger partial charge >= 0.3 is 5.63 Å². The van der Waals surface area contributed by atoms with Crippen LogP contribution in [-0.4, -0.2) is 7.11 Å². The molecule has 28 heavy (non-hydrogen) atoms. The van der Waals surface area contributed by atoms with Crippen molar-refractivity contribution in [3.63, 3.8) is 0 Å². The molecule has 0 atom stereocenters. The standard InChI is InChI=1S/C23H17ClO4/c1-26-19-8-5-16(6-9-19)21-12-17-7-10-20(13-22(17)28-23(21)25)27-14-15-3-2-4-18(24)11-15/h2-13H,14H2,1H3. The smallest absolute Gasteiger partial charge is 0.344 e. The Hall–Kier alpha value is -3.24. The summed E-state index contributed by atoms with van der Waals surface area (Å²) in [7, 11) is 1.60. The van der Waals surface area contributed by atoms with E-state index in [2.05, 4.69) is 0 Å². The summed E-state index contributed by atoms with van der Waals surface area (Å²) in [5, 5.41) is 1.48. The van der Waals surface area contributed by atoms with Crippen LogP contribution < -0.4 is 15.1 Å². The van der Waals surface area contributed by atoms with E-state index in [1.165, 1.54) is 0 Å². The van der Waals surface area contributed by atoms with Gasteiger partial charge in [-0.15, -0.1) is 0 Å². The van der Waals surface area contributed by atoms with E-state index in [0.29, 0.717) is 28.5 Å². The molecule has 4 aromatic rings. The second kappa shape index (κ2) is 7.79. The molecule has 1 aromatic heterocycles. The molecule has 0 bridgehead atoms. The molecule has 0 unspecified atom stereocenters. The van der Waals surface area contributed by atoms with Crippen molar-refractivity contribution in [2.45, 2.75) is 6.61 Å². The molecule has 1 heterocycles. The Morgan fingerprint density at radius 3 is 2.46 bits per heavy atom. The molecule has 0 spiro atoms. The van der Waals surface area contributed by atoms with E-state index in [9.17, 15) is 4.79 Å². The third kappa shape index (κ3) is 3.87. The van der Waals surface area contributed by atoms with Crippen LogP contribution in [0, 0.1) is 0 Å². The number of benzene rings is 3. The monoisotopic (exact) mass is 392 g/mol. The Morgan fingerprint density at radius 2 is 1.71 bits per heavy atom. The summed E-state index contributed by atoms with van der Waals surface area (Å²) in [5.74, 6) is 1.35. The molecule has 0 saturated heterocycles. The van der Waals surface area contributed by atoms with Gasteiger partial charge in [-0.25, -0.2) is 4.79 Å². The van der Waals surface area contributed by atoms with E-state index in [4.69, 9.17) is 25.5 Å². The summed E-state index contributed by atoms with van der Waals surface area (Å²) in [6.07, 6.45) is 0. The molecule has 4 nitrogen and oxygen atoms in total. The van der Waals surface area contributed by atoms with Crippen molar-refractivity contribution in [2.75, 3.05) is 7.11 Å². The molecular weight excluding hydrogens is 376 g/mol. The van der Waals surface area contributed by atoms with Gasteiger partial charge in [-0.3, -0.25) is 0 Å². The van der Waals surface area contributed by atoms with Gasteiger partial charge in [0.15, 0.2) is 0 Å². The molecule has 0 saturated carbocycles. The van der Waals surface area contributed by atoms with Crippen LogP contribution in [0.2, 0.25) is 5.02 Å². The molecule has 0 aliphatic heterocycles. The SMILES string of the molecule is COc1ccc(-c2cc3ccc(OCc4cccc(Cl)c4)cc3oc2=O)cc1. The van der Waals surface area contributed by atoms with Crippen molar-refractivity contribution in [3.8, 4) is 22.6 Å². The van der Waals surface area contributed by atoms with Crippen LogP contribution in [0.5, 0.6) is 11.5 Å². The number of hydrogen-bond acceptors (Lipinski definition) is 4. The van der Waals surface area contributed by atoms with E-state index in [1.807, 2.05) is 66.7 Å². The fourth-order valence-corrected chi connectivity index (χ4v) is 3.16. The molecular formula is C23H17ClO4. The summed E-state index contributed by atoms with van der Waals surface area (Å²) in [4.78, 5) is 12.5. The number of halogens is 1. The molecule has 0 radical (unpaired) electrons. The van der Waals surface area contributed by atoms with E-state index >= 15 is 0 Å². The van der Waals surface area contributed by atoms with E-state index < -0.39 is 5.63 Å². The highest BCUT2D eigenvalue weighted by Crippen LogP contribution is 2.26. The van der Waals surface area contributed by atoms with E-state index in [1.54, 1.807) is 13.2 Å². The maximum atomic E-state index is 12.5. The third-order valence-corrected chi connectivity index (χ3v) is 4.64. The first kappa shape index (κ1) is 18.1. The summed E-state index contributed by atoms with van der Waals surface area (Å²) < 4.78 is 16.5. The number of fused-ring (bicyclic) bond motifs is 1. The van der Waals surface area contributed by atoms with Crippen molar-refractivity contribution in [3.05, 3.63) is 93.8 Å². The molecule has 4 rings (SSSR count). The predicted molar refractivity (Wildman–Crippen MR) is 110 cm³/mol. The number of ether oxygens (including phenoxy) is 2. The van der Waals surface area contributed by atoms with Gasteiger partial charge in [-0.2, -0.15) is 0 Å². The Bertz CT molecular complexity index is 1180. The van der Waals surface area contributed by atoms with Crippen LogP contribution in [0.15, 0.2) is 82.0 Å². The topological polar surface area (TPSA) is 48.7 Å². The minimum atomic E-state index is -0.398. The highest BCUT2D eigenvalue weighted by atomic mass is 35.5. The average Bonchev–Trinajstić information content (AvgIpc) is 2.72. The van der Waals surface area contributed by atoms with Crippen LogP contribution in [0.4, 0.5) is 0 Å². The third-order valence-electron chi connectivity index (χ3n) is 4.40. The minimum Gasteiger partial charge on any atom is -0.497 e. The molecule has 0 aliphatic carbocycles. The van der Waals surface area contributed by atoms with Gasteiger partial charge < -0.3 is 13.9 Å². The maximum Gasteiger partial charge on any atom is 0.344 e. The quantitative estimate of drug-likeness (QED) is 0.409. The molecule has 3 aromatic carbocycles. The fraction of sp³-hybridized carbons (Fsp3) is 0.0870. The van der Waals surface area contributed by atoms with Crippen LogP contribution >= 0.6 is 11.6 Å². The zero-order valence-electron chi connectivity index (χ0n) is 15.1. The second-order valence-corrected chi connectivity index (χ2v) is 6.73. The van der Waals surface area contributed by atoms with Crippen LogP contribution in [0.3, 0.4) is 0 Å². The number of rotatable bonds is 5. The van der Waals surface area contributed by atoms with Gasteiger partial charge in [0, 0.05) is 16.5 Å². The Kier molecular flexibility index (Phi) is 5.04. The summed E-state index contributed by atoms with van der Waals surface area (Å²) >= 11 is 5.99. The van der Waals surface area contributed by atoms with Crippen molar-refractivity contribution in [1.29, 1.82) is 0 Å². The first-order valence-corrected chi connectivity index (χ1v) is 9.10. The molecule has 0 fully saturated rings. The second-order valence-electron chi connectivity index (χ2n) is 6.29. The van der Waals surface area contributed by atoms with Gasteiger partial charge in [0.05, 0.1) is 12.7 Å². The summed E-state index contributed by atoms with van der Waals surface area (Å²) in [6, 6.07) is 22.0. The average molecular weight is 393 g/mol. The first-order chi connectivity index (χ1) is 13.6. The highest BCUT2D eigenvalue weighted by Gasteiger charge is 2.09. The lowest BCUT2D eigenvalue weighted by molar-refractivity contribution is 0.306. The summed E-state index contributed by atoms with van der Waals surface area (Å²) in [5.41, 5.74) is 2.32. The largest absolute Gasteiger partial charge is 0.497 e. The summed E-state index contributed by atoms with van der Waals surface area (Å²) in [6.45, 7) is 0.375. The van der Waals surface area contributed by atoms with Crippen molar-refractivity contribution < 1.29 is 13.9 Å². The molecule has 140 valence electrons. The lowest BCUT2D eigenvalue weighted by Crippen LogP contribution is -2.03. The molecule has 5 heteroatoms. The van der Waals surface area contributed by atoms with Gasteiger partial charge in [-0.1, -0.05) is 35.9 Å². The lowest BCUT2D eigenvalue weighted by atomic mass is 10.1. The van der Waals surface area contributed by atoms with Crippen molar-refractivity contribution in [1.82, 2.24) is 0 Å². The van der Waals surface area contributed by atoms with Gasteiger partial charge in [-0.05, 0) is 53.6 Å². The first-order valence-electron chi connectivity index (χ1n) is 8.72. The Labute approximate surface area is 166 Å². The molecule has 0 amide bonds. The van der Waals surface area contributed by atoms with Crippen molar-refractivity contribution >= 4 is 22.6 Å². The van der Waals surface area contributed by atoms with E-state index in [0.717, 1.165) is 22.3 Å². The predicted octanol–water partition coefficient (Wildman–Crippen LogP) is 5.70. The van der Waals surface area contributed by atoms with Crippen LogP contribution in [-0.2, 0) is 6.61 Å². The molecule has 0 aliphatic rings. The number of methoxy groups -OCH3 is 1. The van der Waals surface area contributed by atoms with Crippen LogP contribution in [0.1, 0.15) is 5.56 Å². The molecule has 0 N–H and O–H groups in total. The van der Waals surface area contributed by atoms with Crippen molar-refractivity contribution in [2.24, 2.45) is 0 Å². The fourth-order valence-electron chi connectivity index (χ4n) is 2.95. The Balaban J connectivity index is 1.61. The Morgan fingerprint density at radius 1 is 0.929 bits per heavy atom. The van der Waals surface area contributed by atoms with Gasteiger partial charge in [0.1, 0.15) is 23.7 Å². The zero-order chi connectivity index (χ0) is 19.5. The maximum absolute atomic E-state index is 12.5. The van der Waals surface area contributed by atoms with Gasteiger partial charge in [0.25, 0.3) is 0 Å². The minimum absolute atomic E-state index is 0.375. The lowest BCUT2D eigenvalue weighted by Gasteiger charge is -2.08. The normalized spacial score (nSPS) is 10.8. The van der Waals surface area contributed by atoms with Gasteiger partial charge in [0.2, 0.25) is 0 Å². The highest BCUT2D eigenvalue weighted by molar-refractivity contribution is 6.30. The van der Waals surface area contributed by atoms with Crippen LogP contribution in [0.25, 0.3) is 22.1 Å². The zero-order valence-corrected chi connectivity index (χ0v) is 15.9. The number of hydrogen-bond donors (Lipinski definition) is 0. The van der Waals surface area contributed by atoms with E-state index in [-0.39, 0.29) is 0 Å².